The number of hydrogen-bond acceptors (Lipinski definition) is 5. The van der Waals surface area contributed by atoms with E-state index in [9.17, 15) is 4.79 Å². The Morgan fingerprint density at radius 2 is 2.35 bits per heavy atom. The van der Waals surface area contributed by atoms with Crippen molar-refractivity contribution >= 4 is 11.6 Å². The first-order chi connectivity index (χ1) is 8.29. The van der Waals surface area contributed by atoms with Gasteiger partial charge < -0.3 is 15.1 Å². The van der Waals surface area contributed by atoms with Gasteiger partial charge >= 0.3 is 0 Å². The van der Waals surface area contributed by atoms with Crippen molar-refractivity contribution in [3.8, 4) is 11.5 Å². The van der Waals surface area contributed by atoms with Crippen LogP contribution in [0.25, 0.3) is 11.5 Å². The summed E-state index contributed by atoms with van der Waals surface area (Å²) in [5.41, 5.74) is 1.46. The summed E-state index contributed by atoms with van der Waals surface area (Å²) in [5.74, 6) is 0.324. The Hall–Kier alpha value is -2.21. The molecule has 2 rings (SSSR count). The number of carbonyl (C=O) groups is 1. The lowest BCUT2D eigenvalue weighted by molar-refractivity contribution is -0.115. The van der Waals surface area contributed by atoms with Crippen LogP contribution in [-0.4, -0.2) is 29.7 Å². The van der Waals surface area contributed by atoms with Crippen molar-refractivity contribution in [2.24, 2.45) is 0 Å². The van der Waals surface area contributed by atoms with Crippen LogP contribution in [0.15, 0.2) is 35.1 Å². The highest BCUT2D eigenvalue weighted by Crippen LogP contribution is 2.19. The first kappa shape index (κ1) is 11.3. The van der Waals surface area contributed by atoms with Gasteiger partial charge in [-0.25, -0.2) is 0 Å². The predicted molar refractivity (Wildman–Crippen MR) is 62.3 cm³/mol. The number of nitrogens with zero attached hydrogens (tertiary/aromatic N) is 2. The average molecular weight is 232 g/mol. The van der Waals surface area contributed by atoms with Crippen LogP contribution in [0.5, 0.6) is 0 Å². The molecule has 88 valence electrons. The minimum Gasteiger partial charge on any atom is -0.423 e. The van der Waals surface area contributed by atoms with Gasteiger partial charge in [0, 0.05) is 11.3 Å². The second-order valence-corrected chi connectivity index (χ2v) is 3.40. The Morgan fingerprint density at radius 1 is 1.47 bits per heavy atom. The third-order valence-electron chi connectivity index (χ3n) is 2.09. The molecule has 0 unspecified atom stereocenters. The van der Waals surface area contributed by atoms with E-state index in [4.69, 9.17) is 4.42 Å². The van der Waals surface area contributed by atoms with Gasteiger partial charge in [-0.2, -0.15) is 0 Å². The third-order valence-corrected chi connectivity index (χ3v) is 2.09. The molecule has 2 N–H and O–H groups in total. The molecular formula is C11H12N4O2. The van der Waals surface area contributed by atoms with E-state index in [0.29, 0.717) is 11.6 Å². The molecule has 6 nitrogen and oxygen atoms in total. The van der Waals surface area contributed by atoms with Crippen LogP contribution in [0.2, 0.25) is 0 Å². The van der Waals surface area contributed by atoms with E-state index in [1.165, 1.54) is 6.39 Å². The molecule has 0 saturated heterocycles. The molecule has 1 heterocycles. The fourth-order valence-electron chi connectivity index (χ4n) is 1.39. The molecule has 0 atom stereocenters. The van der Waals surface area contributed by atoms with Gasteiger partial charge in [-0.05, 0) is 25.2 Å². The summed E-state index contributed by atoms with van der Waals surface area (Å²) in [7, 11) is 1.72. The molecular weight excluding hydrogens is 220 g/mol. The van der Waals surface area contributed by atoms with Crippen molar-refractivity contribution in [2.45, 2.75) is 0 Å². The molecule has 0 radical (unpaired) electrons. The summed E-state index contributed by atoms with van der Waals surface area (Å²) in [6.45, 7) is 0.269. The Labute approximate surface area is 98.0 Å². The minimum absolute atomic E-state index is 0.102. The first-order valence-corrected chi connectivity index (χ1v) is 5.10. The topological polar surface area (TPSA) is 80.0 Å². The van der Waals surface area contributed by atoms with Crippen LogP contribution in [-0.2, 0) is 4.79 Å². The number of anilines is 1. The van der Waals surface area contributed by atoms with Crippen LogP contribution in [0, 0.1) is 0 Å². The van der Waals surface area contributed by atoms with Crippen LogP contribution < -0.4 is 10.6 Å². The average Bonchev–Trinajstić information content (AvgIpc) is 2.83. The lowest BCUT2D eigenvalue weighted by atomic mass is 10.2. The maximum atomic E-state index is 11.4. The number of nitrogens with one attached hydrogen (secondary N) is 2. The van der Waals surface area contributed by atoms with Gasteiger partial charge in [0.1, 0.15) is 0 Å². The number of hydrogen-bond donors (Lipinski definition) is 2. The van der Waals surface area contributed by atoms with E-state index in [-0.39, 0.29) is 12.5 Å². The van der Waals surface area contributed by atoms with Gasteiger partial charge in [0.25, 0.3) is 0 Å². The second-order valence-electron chi connectivity index (χ2n) is 3.40. The van der Waals surface area contributed by atoms with E-state index >= 15 is 0 Å². The molecule has 0 fully saturated rings. The lowest BCUT2D eigenvalue weighted by Gasteiger charge is -2.05. The fraction of sp³-hybridized carbons (Fsp3) is 0.182. The van der Waals surface area contributed by atoms with Gasteiger partial charge in [0.15, 0.2) is 0 Å². The highest BCUT2D eigenvalue weighted by Gasteiger charge is 2.05. The zero-order valence-electron chi connectivity index (χ0n) is 9.30. The van der Waals surface area contributed by atoms with Crippen molar-refractivity contribution in [1.82, 2.24) is 15.5 Å². The van der Waals surface area contributed by atoms with Gasteiger partial charge in [0.05, 0.1) is 6.54 Å². The molecule has 6 heteroatoms. The summed E-state index contributed by atoms with van der Waals surface area (Å²) in [5, 5.41) is 12.9. The zero-order chi connectivity index (χ0) is 12.1. The van der Waals surface area contributed by atoms with Crippen molar-refractivity contribution in [2.75, 3.05) is 18.9 Å². The molecule has 17 heavy (non-hydrogen) atoms. The van der Waals surface area contributed by atoms with Crippen molar-refractivity contribution in [3.63, 3.8) is 0 Å². The molecule has 0 aliphatic heterocycles. The molecule has 1 amide bonds. The van der Waals surface area contributed by atoms with E-state index in [0.717, 1.165) is 5.56 Å². The van der Waals surface area contributed by atoms with Crippen molar-refractivity contribution < 1.29 is 9.21 Å². The first-order valence-electron chi connectivity index (χ1n) is 5.10. The molecule has 0 spiro atoms. The molecule has 1 aromatic carbocycles. The molecule has 0 bridgehead atoms. The molecule has 2 aromatic rings. The number of amides is 1. The van der Waals surface area contributed by atoms with Crippen LogP contribution in [0.3, 0.4) is 0 Å². The smallest absolute Gasteiger partial charge is 0.247 e. The molecule has 0 aliphatic carbocycles. The number of aromatic nitrogens is 2. The molecule has 0 aliphatic rings. The minimum atomic E-state index is -0.102. The number of carbonyl (C=O) groups excluding carboxylic acids is 1. The highest BCUT2D eigenvalue weighted by atomic mass is 16.4. The van der Waals surface area contributed by atoms with Crippen molar-refractivity contribution in [3.05, 3.63) is 30.7 Å². The fourth-order valence-corrected chi connectivity index (χ4v) is 1.39. The summed E-state index contributed by atoms with van der Waals surface area (Å²) < 4.78 is 5.08. The Kier molecular flexibility index (Phi) is 3.46. The number of likely N-dealkylation sites (N-methyl/N-ethyl adjacent to an activating group) is 1. The van der Waals surface area contributed by atoms with Gasteiger partial charge in [0.2, 0.25) is 18.2 Å². The largest absolute Gasteiger partial charge is 0.423 e. The standard InChI is InChI=1S/C11H12N4O2/c1-12-6-10(16)14-9-4-2-3-8(5-9)11-15-13-7-17-11/h2-5,7,12H,6H2,1H3,(H,14,16). The lowest BCUT2D eigenvalue weighted by Crippen LogP contribution is -2.24. The molecule has 1 aromatic heterocycles. The van der Waals surface area contributed by atoms with E-state index in [1.807, 2.05) is 12.1 Å². The number of rotatable bonds is 4. The predicted octanol–water partition coefficient (Wildman–Crippen LogP) is 0.894. The SMILES string of the molecule is CNCC(=O)Nc1cccc(-c2nnco2)c1. The number of benzene rings is 1. The van der Waals surface area contributed by atoms with Gasteiger partial charge in [-0.3, -0.25) is 4.79 Å². The normalized spacial score (nSPS) is 10.2. The summed E-state index contributed by atoms with van der Waals surface area (Å²) in [6, 6.07) is 7.23. The van der Waals surface area contributed by atoms with Crippen molar-refractivity contribution in [1.29, 1.82) is 0 Å². The summed E-state index contributed by atoms with van der Waals surface area (Å²) in [6.07, 6.45) is 1.27. The Balaban J connectivity index is 2.15. The van der Waals surface area contributed by atoms with Crippen LogP contribution >= 0.6 is 0 Å². The Bertz CT molecular complexity index is 496. The van der Waals surface area contributed by atoms with E-state index in [1.54, 1.807) is 19.2 Å². The maximum Gasteiger partial charge on any atom is 0.247 e. The van der Waals surface area contributed by atoms with Gasteiger partial charge in [-0.15, -0.1) is 10.2 Å². The zero-order valence-corrected chi connectivity index (χ0v) is 9.30. The Morgan fingerprint density at radius 3 is 3.06 bits per heavy atom. The molecule has 0 saturated carbocycles. The van der Waals surface area contributed by atoms with Crippen LogP contribution in [0.1, 0.15) is 0 Å². The van der Waals surface area contributed by atoms with E-state index in [2.05, 4.69) is 20.8 Å². The highest BCUT2D eigenvalue weighted by molar-refractivity contribution is 5.92. The maximum absolute atomic E-state index is 11.4. The second kappa shape index (κ2) is 5.22. The third kappa shape index (κ3) is 2.88. The quantitative estimate of drug-likeness (QED) is 0.818. The monoisotopic (exact) mass is 232 g/mol. The van der Waals surface area contributed by atoms with Gasteiger partial charge in [-0.1, -0.05) is 6.07 Å². The van der Waals surface area contributed by atoms with E-state index < -0.39 is 0 Å². The summed E-state index contributed by atoms with van der Waals surface area (Å²) in [4.78, 5) is 11.4. The summed E-state index contributed by atoms with van der Waals surface area (Å²) >= 11 is 0. The van der Waals surface area contributed by atoms with Crippen LogP contribution in [0.4, 0.5) is 5.69 Å².